The summed E-state index contributed by atoms with van der Waals surface area (Å²) in [7, 11) is -0.906. The lowest BCUT2D eigenvalue weighted by Crippen LogP contribution is -2.62. The molecule has 4 rings (SSSR count). The molecule has 0 aliphatic carbocycles. The highest BCUT2D eigenvalue weighted by Gasteiger charge is 2.42. The van der Waals surface area contributed by atoms with Crippen LogP contribution in [-0.4, -0.2) is 87.1 Å². The van der Waals surface area contributed by atoms with Crippen molar-refractivity contribution in [3.63, 3.8) is 0 Å². The van der Waals surface area contributed by atoms with Crippen molar-refractivity contribution in [2.45, 2.75) is 35.8 Å². The fraction of sp³-hybridized carbons (Fsp3) is 0.478. The molecule has 2 aliphatic heterocycles. The molecule has 3 heterocycles. The predicted octanol–water partition coefficient (Wildman–Crippen LogP) is 2.49. The lowest BCUT2D eigenvalue weighted by molar-refractivity contribution is -0.202. The summed E-state index contributed by atoms with van der Waals surface area (Å²) in [5.74, 6) is -1.07. The van der Waals surface area contributed by atoms with Gasteiger partial charge >= 0.3 is 6.03 Å². The average molecular weight is 541 g/mol. The van der Waals surface area contributed by atoms with E-state index in [-0.39, 0.29) is 35.7 Å². The Labute approximate surface area is 213 Å². The van der Waals surface area contributed by atoms with Crippen molar-refractivity contribution < 1.29 is 32.0 Å². The first-order valence-electron chi connectivity index (χ1n) is 11.6. The molecule has 2 atom stereocenters. The maximum atomic E-state index is 13.6. The van der Waals surface area contributed by atoms with E-state index >= 15 is 0 Å². The van der Waals surface area contributed by atoms with Gasteiger partial charge in [-0.25, -0.2) is 27.9 Å². The molecular formula is C23H29FN4O6S2. The largest absolute Gasteiger partial charge is 0.350 e. The number of hydrogen-bond donors (Lipinski definition) is 1. The van der Waals surface area contributed by atoms with Crippen LogP contribution >= 0.6 is 11.3 Å². The number of hydrogen-bond acceptors (Lipinski definition) is 7. The second-order valence-corrected chi connectivity index (χ2v) is 12.0. The van der Waals surface area contributed by atoms with Gasteiger partial charge < -0.3 is 14.5 Å². The Morgan fingerprint density at radius 2 is 1.89 bits per heavy atom. The summed E-state index contributed by atoms with van der Waals surface area (Å²) in [5, 5.41) is 0. The minimum Gasteiger partial charge on any atom is -0.350 e. The highest BCUT2D eigenvalue weighted by Crippen LogP contribution is 2.33. The molecule has 0 radical (unpaired) electrons. The molecule has 0 bridgehead atoms. The second kappa shape index (κ2) is 11.2. The minimum atomic E-state index is -4.09. The average Bonchev–Trinajstić information content (AvgIpc) is 3.39. The fourth-order valence-electron chi connectivity index (χ4n) is 4.06. The maximum Gasteiger partial charge on any atom is 0.319 e. The highest BCUT2D eigenvalue weighted by molar-refractivity contribution is 7.91. The van der Waals surface area contributed by atoms with Gasteiger partial charge in [0, 0.05) is 51.6 Å². The summed E-state index contributed by atoms with van der Waals surface area (Å²) in [6.07, 6.45) is 1.81. The van der Waals surface area contributed by atoms with Crippen molar-refractivity contribution >= 4 is 33.3 Å². The smallest absolute Gasteiger partial charge is 0.319 e. The van der Waals surface area contributed by atoms with E-state index in [1.165, 1.54) is 28.0 Å². The molecule has 2 fully saturated rings. The van der Waals surface area contributed by atoms with Gasteiger partial charge in [0.1, 0.15) is 16.1 Å². The number of halogens is 1. The van der Waals surface area contributed by atoms with Crippen molar-refractivity contribution in [2.24, 2.45) is 0 Å². The standard InChI is InChI=1S/C23H29FN4O6S2/c1-26(2)23(30)27-12-13-28(18(15-27)22(29)25-34-20-5-3-4-14-33-20)36(31,32)21-11-10-19(35-21)16-6-8-17(24)9-7-16/h6-11,18,20H,3-5,12-15H2,1-2H3,(H,25,29)/t18-,20?/m1/s1. The summed E-state index contributed by atoms with van der Waals surface area (Å²) in [6, 6.07) is 7.35. The van der Waals surface area contributed by atoms with Gasteiger partial charge in [0.2, 0.25) is 0 Å². The van der Waals surface area contributed by atoms with Crippen LogP contribution in [0.3, 0.4) is 0 Å². The first-order valence-corrected chi connectivity index (χ1v) is 13.8. The highest BCUT2D eigenvalue weighted by atomic mass is 32.2. The quantitative estimate of drug-likeness (QED) is 0.564. The Bertz CT molecular complexity index is 1180. The number of benzene rings is 1. The van der Waals surface area contributed by atoms with Crippen LogP contribution in [0.5, 0.6) is 0 Å². The number of rotatable bonds is 6. The van der Waals surface area contributed by atoms with Gasteiger partial charge in [-0.05, 0) is 42.7 Å². The maximum absolute atomic E-state index is 13.6. The van der Waals surface area contributed by atoms with Gasteiger partial charge in [0.25, 0.3) is 15.9 Å². The molecule has 2 saturated heterocycles. The number of ether oxygens (including phenoxy) is 1. The molecule has 36 heavy (non-hydrogen) atoms. The molecule has 196 valence electrons. The molecule has 0 spiro atoms. The van der Waals surface area contributed by atoms with Gasteiger partial charge in [0.15, 0.2) is 6.29 Å². The van der Waals surface area contributed by atoms with Crippen molar-refractivity contribution in [3.8, 4) is 10.4 Å². The first-order chi connectivity index (χ1) is 17.2. The van der Waals surface area contributed by atoms with Crippen molar-refractivity contribution in [1.82, 2.24) is 19.6 Å². The van der Waals surface area contributed by atoms with Crippen LogP contribution in [0.15, 0.2) is 40.6 Å². The van der Waals surface area contributed by atoms with Crippen molar-refractivity contribution in [3.05, 3.63) is 42.2 Å². The monoisotopic (exact) mass is 540 g/mol. The van der Waals surface area contributed by atoms with E-state index in [0.29, 0.717) is 23.5 Å². The SMILES string of the molecule is CN(C)C(=O)N1CCN(S(=O)(=O)c2ccc(-c3ccc(F)cc3)s2)[C@@H](C(=O)NOC2CCCCO2)C1. The van der Waals surface area contributed by atoms with Crippen LogP contribution in [0.1, 0.15) is 19.3 Å². The zero-order valence-corrected chi connectivity index (χ0v) is 21.7. The summed E-state index contributed by atoms with van der Waals surface area (Å²) in [5.41, 5.74) is 3.03. The Morgan fingerprint density at radius 1 is 1.14 bits per heavy atom. The number of hydroxylamine groups is 1. The van der Waals surface area contributed by atoms with Gasteiger partial charge in [-0.15, -0.1) is 11.3 Å². The fourth-order valence-corrected chi connectivity index (χ4v) is 7.07. The number of thiophene rings is 1. The Balaban J connectivity index is 1.56. The minimum absolute atomic E-state index is 0.0449. The van der Waals surface area contributed by atoms with E-state index < -0.39 is 28.3 Å². The Morgan fingerprint density at radius 3 is 2.56 bits per heavy atom. The van der Waals surface area contributed by atoms with Gasteiger partial charge in [-0.3, -0.25) is 4.79 Å². The number of urea groups is 1. The molecule has 3 amide bonds. The van der Waals surface area contributed by atoms with E-state index in [0.717, 1.165) is 28.5 Å². The van der Waals surface area contributed by atoms with Gasteiger partial charge in [0.05, 0.1) is 0 Å². The Hall–Kier alpha value is -2.58. The van der Waals surface area contributed by atoms with Crippen LogP contribution in [0, 0.1) is 5.82 Å². The molecule has 10 nitrogen and oxygen atoms in total. The molecule has 1 unspecified atom stereocenters. The third-order valence-corrected chi connectivity index (χ3v) is 9.50. The molecule has 0 saturated carbocycles. The zero-order valence-electron chi connectivity index (χ0n) is 20.1. The number of sulfonamides is 1. The van der Waals surface area contributed by atoms with E-state index in [1.807, 2.05) is 0 Å². The van der Waals surface area contributed by atoms with E-state index in [9.17, 15) is 22.4 Å². The van der Waals surface area contributed by atoms with Crippen LogP contribution in [0.25, 0.3) is 10.4 Å². The van der Waals surface area contributed by atoms with Crippen LogP contribution in [0.2, 0.25) is 0 Å². The summed E-state index contributed by atoms with van der Waals surface area (Å²) >= 11 is 1.03. The van der Waals surface area contributed by atoms with Gasteiger partial charge in [-0.2, -0.15) is 4.31 Å². The van der Waals surface area contributed by atoms with E-state index in [1.54, 1.807) is 32.3 Å². The number of amides is 3. The second-order valence-electron chi connectivity index (χ2n) is 8.76. The number of nitrogens with zero attached hydrogens (tertiary/aromatic N) is 3. The summed E-state index contributed by atoms with van der Waals surface area (Å²) < 4.78 is 47.2. The van der Waals surface area contributed by atoms with Crippen LogP contribution in [-0.2, 0) is 24.4 Å². The first kappa shape index (κ1) is 26.5. The molecule has 1 aromatic heterocycles. The van der Waals surface area contributed by atoms with Crippen molar-refractivity contribution in [2.75, 3.05) is 40.3 Å². The molecule has 2 aliphatic rings. The van der Waals surface area contributed by atoms with Crippen LogP contribution < -0.4 is 5.48 Å². The molecule has 13 heteroatoms. The number of carbonyl (C=O) groups excluding carboxylic acids is 2. The van der Waals surface area contributed by atoms with Gasteiger partial charge in [-0.1, -0.05) is 12.1 Å². The summed E-state index contributed by atoms with van der Waals surface area (Å²) in [6.45, 7) is 0.448. The Kier molecular flexibility index (Phi) is 8.25. The zero-order chi connectivity index (χ0) is 25.9. The third kappa shape index (κ3) is 5.86. The van der Waals surface area contributed by atoms with Crippen LogP contribution in [0.4, 0.5) is 9.18 Å². The third-order valence-electron chi connectivity index (χ3n) is 5.99. The lowest BCUT2D eigenvalue weighted by Gasteiger charge is -2.40. The molecule has 1 aromatic carbocycles. The predicted molar refractivity (Wildman–Crippen MR) is 131 cm³/mol. The number of carbonyl (C=O) groups is 2. The number of piperazine rings is 1. The summed E-state index contributed by atoms with van der Waals surface area (Å²) in [4.78, 5) is 34.6. The van der Waals surface area contributed by atoms with Crippen molar-refractivity contribution in [1.29, 1.82) is 0 Å². The van der Waals surface area contributed by atoms with E-state index in [2.05, 4.69) is 5.48 Å². The number of nitrogens with one attached hydrogen (secondary N) is 1. The molecule has 2 aromatic rings. The topological polar surface area (TPSA) is 108 Å². The van der Waals surface area contributed by atoms with E-state index in [4.69, 9.17) is 9.57 Å². The normalized spacial score (nSPS) is 21.2. The molecular weight excluding hydrogens is 511 g/mol. The molecule has 1 N–H and O–H groups in total. The lowest BCUT2D eigenvalue weighted by atomic mass is 10.2.